The Morgan fingerprint density at radius 3 is 2.18 bits per heavy atom. The molecule has 0 aliphatic carbocycles. The Balaban J connectivity index is 1.10. The van der Waals surface area contributed by atoms with Gasteiger partial charge in [-0.1, -0.05) is 141 Å². The summed E-state index contributed by atoms with van der Waals surface area (Å²) in [5.74, 6) is 0. The normalized spacial score (nSPS) is 12.9. The summed E-state index contributed by atoms with van der Waals surface area (Å²) in [5, 5.41) is 9.94. The fraction of sp³-hybridized carbons (Fsp3) is 0.0645. The van der Waals surface area contributed by atoms with E-state index in [1.54, 1.807) is 0 Å². The lowest BCUT2D eigenvalue weighted by Gasteiger charge is -2.41. The fourth-order valence-electron chi connectivity index (χ4n) is 12.0. The minimum Gasteiger partial charge on any atom is -0.454 e. The second-order valence-electron chi connectivity index (χ2n) is 18.6. The molecule has 2 aliphatic heterocycles. The van der Waals surface area contributed by atoms with E-state index in [1.807, 2.05) is 11.3 Å². The van der Waals surface area contributed by atoms with Gasteiger partial charge in [-0.2, -0.15) is 0 Å². The Kier molecular flexibility index (Phi) is 8.11. The molecule has 5 heterocycles. The number of nitrogens with zero attached hydrogens (tertiary/aromatic N) is 3. The zero-order chi connectivity index (χ0) is 44.6. The first-order valence-electron chi connectivity index (χ1n) is 23.9. The molecule has 0 atom stereocenters. The second kappa shape index (κ2) is 14.5. The van der Waals surface area contributed by atoms with Gasteiger partial charge in [0.05, 0.1) is 16.1 Å². The fourth-order valence-corrected chi connectivity index (χ4v) is 13.2. The van der Waals surface area contributed by atoms with Crippen LogP contribution in [0.3, 0.4) is 0 Å². The first-order valence-corrected chi connectivity index (χ1v) is 24.7. The molecular weight excluding hydrogens is 846 g/mol. The number of aryl methyl sites for hydroxylation is 1. The number of furan rings is 1. The molecule has 0 saturated carbocycles. The molecule has 2 aliphatic rings. The lowest BCUT2D eigenvalue weighted by molar-refractivity contribution is 0.669. The summed E-state index contributed by atoms with van der Waals surface area (Å²) >= 11 is 1.91. The molecule has 0 unspecified atom stereocenters. The van der Waals surface area contributed by atoms with E-state index in [4.69, 9.17) is 4.42 Å². The topological polar surface area (TPSA) is 24.6 Å². The number of unbranched alkanes of at least 4 members (excludes halogenated alkanes) is 1. The van der Waals surface area contributed by atoms with Gasteiger partial charge in [0.2, 0.25) is 0 Å². The number of hydrogen-bond donors (Lipinski definition) is 0. The Bertz CT molecular complexity index is 4220. The first kappa shape index (κ1) is 38.1. The highest BCUT2D eigenvalue weighted by atomic mass is 32.1. The zero-order valence-corrected chi connectivity index (χ0v) is 38.2. The van der Waals surface area contributed by atoms with Crippen LogP contribution in [-0.2, 0) is 6.42 Å². The summed E-state index contributed by atoms with van der Waals surface area (Å²) in [7, 11) is 0. The summed E-state index contributed by atoms with van der Waals surface area (Å²) in [5.41, 5.74) is 17.6. The van der Waals surface area contributed by atoms with Crippen molar-refractivity contribution < 1.29 is 4.42 Å². The predicted molar refractivity (Wildman–Crippen MR) is 291 cm³/mol. The number of thiophene rings is 1. The highest BCUT2D eigenvalue weighted by molar-refractivity contribution is 7.26. The van der Waals surface area contributed by atoms with Crippen molar-refractivity contribution in [3.63, 3.8) is 0 Å². The van der Waals surface area contributed by atoms with Crippen LogP contribution in [0.5, 0.6) is 0 Å². The van der Waals surface area contributed by atoms with Gasteiger partial charge in [0.15, 0.2) is 5.58 Å². The average Bonchev–Trinajstić information content (AvgIpc) is 4.08. The van der Waals surface area contributed by atoms with Crippen molar-refractivity contribution in [2.75, 3.05) is 9.80 Å². The molecule has 3 aromatic heterocycles. The third-order valence-electron chi connectivity index (χ3n) is 14.9. The van der Waals surface area contributed by atoms with Crippen LogP contribution in [0.1, 0.15) is 25.3 Å². The molecule has 320 valence electrons. The van der Waals surface area contributed by atoms with E-state index in [2.05, 4.69) is 221 Å². The van der Waals surface area contributed by atoms with Crippen LogP contribution in [0.15, 0.2) is 205 Å². The monoisotopic (exact) mass is 887 g/mol. The van der Waals surface area contributed by atoms with Crippen molar-refractivity contribution >= 4 is 138 Å². The molecule has 6 heteroatoms. The van der Waals surface area contributed by atoms with Gasteiger partial charge in [-0.15, -0.1) is 11.3 Å². The molecule has 15 rings (SSSR count). The van der Waals surface area contributed by atoms with Crippen LogP contribution in [0.2, 0.25) is 0 Å². The maximum absolute atomic E-state index is 6.98. The van der Waals surface area contributed by atoms with Crippen molar-refractivity contribution in [2.45, 2.75) is 26.2 Å². The van der Waals surface area contributed by atoms with Gasteiger partial charge >= 0.3 is 6.85 Å². The van der Waals surface area contributed by atoms with E-state index in [0.29, 0.717) is 0 Å². The quantitative estimate of drug-likeness (QED) is 0.149. The highest BCUT2D eigenvalue weighted by Crippen LogP contribution is 2.53. The Labute approximate surface area is 397 Å². The van der Waals surface area contributed by atoms with E-state index in [0.717, 1.165) is 56.8 Å². The molecule has 13 aromatic rings. The van der Waals surface area contributed by atoms with Gasteiger partial charge < -0.3 is 18.7 Å². The maximum atomic E-state index is 6.98. The Hall–Kier alpha value is -8.06. The van der Waals surface area contributed by atoms with Crippen LogP contribution < -0.4 is 20.7 Å². The standard InChI is InChI=1S/C62H42BN3OS/c1-2-3-15-38-28-31-41(32-29-38)64(40-17-5-4-6-18-40)42-33-35-52-51(36-42)63-58-49(46-22-13-24-48-57-43-19-8-7-16-39(43)30-34-53(57)66(63)59(46)48)37-50-45-21-10-12-27-56(45)68-62(50)60(58)65(52)54-25-14-23-47-44-20-9-11-26-55(44)67-61(47)54/h4-14,16-37H,2-3,15H2,1H3. The second-order valence-corrected chi connectivity index (χ2v) is 19.6. The van der Waals surface area contributed by atoms with Crippen LogP contribution in [0.4, 0.5) is 34.1 Å². The number of hydrogen-bond acceptors (Lipinski definition) is 4. The van der Waals surface area contributed by atoms with Gasteiger partial charge in [-0.05, 0) is 118 Å². The van der Waals surface area contributed by atoms with Crippen LogP contribution in [0.25, 0.3) is 85.8 Å². The largest absolute Gasteiger partial charge is 0.454 e. The summed E-state index contributed by atoms with van der Waals surface area (Å²) in [4.78, 5) is 5.01. The summed E-state index contributed by atoms with van der Waals surface area (Å²) < 4.78 is 12.3. The lowest BCUT2D eigenvalue weighted by Crippen LogP contribution is -2.56. The minimum absolute atomic E-state index is 0.152. The molecule has 0 amide bonds. The van der Waals surface area contributed by atoms with E-state index in [9.17, 15) is 0 Å². The molecule has 0 saturated heterocycles. The van der Waals surface area contributed by atoms with Gasteiger partial charge in [0.1, 0.15) is 5.58 Å². The predicted octanol–water partition coefficient (Wildman–Crippen LogP) is 16.4. The van der Waals surface area contributed by atoms with E-state index in [1.165, 1.54) is 98.9 Å². The first-order chi connectivity index (χ1) is 33.7. The Morgan fingerprint density at radius 1 is 0.559 bits per heavy atom. The number of para-hydroxylation sites is 4. The van der Waals surface area contributed by atoms with Crippen molar-refractivity contribution in [2.24, 2.45) is 0 Å². The van der Waals surface area contributed by atoms with Gasteiger partial charge in [0.25, 0.3) is 0 Å². The molecule has 0 N–H and O–H groups in total. The smallest absolute Gasteiger partial charge is 0.333 e. The van der Waals surface area contributed by atoms with Gasteiger partial charge in [-0.3, -0.25) is 0 Å². The van der Waals surface area contributed by atoms with Crippen LogP contribution in [0, 0.1) is 0 Å². The highest BCUT2D eigenvalue weighted by Gasteiger charge is 2.45. The minimum atomic E-state index is -0.152. The van der Waals surface area contributed by atoms with E-state index < -0.39 is 0 Å². The summed E-state index contributed by atoms with van der Waals surface area (Å²) in [6, 6.07) is 74.6. The van der Waals surface area contributed by atoms with Crippen molar-refractivity contribution in [3.05, 3.63) is 206 Å². The molecule has 0 spiro atoms. The number of anilines is 6. The average molecular weight is 888 g/mol. The summed E-state index contributed by atoms with van der Waals surface area (Å²) in [6.45, 7) is 2.11. The SMILES string of the molecule is CCCCc1ccc(N(c2ccccc2)c2ccc3c(c2)B2c4c(cc5c(sc6ccccc65)c4N3c3cccc4c3oc3ccccc34)-c3cccc4c5c6ccccc6ccc5n2c34)cc1. The molecule has 4 nitrogen and oxygen atoms in total. The number of aromatic nitrogens is 1. The molecule has 68 heavy (non-hydrogen) atoms. The molecular formula is C62H42BN3OS. The third-order valence-corrected chi connectivity index (χ3v) is 16.1. The van der Waals surface area contributed by atoms with Gasteiger partial charge in [-0.25, -0.2) is 0 Å². The zero-order valence-electron chi connectivity index (χ0n) is 37.4. The third kappa shape index (κ3) is 5.26. The van der Waals surface area contributed by atoms with E-state index >= 15 is 0 Å². The number of fused-ring (bicyclic) bond motifs is 16. The lowest BCUT2D eigenvalue weighted by atomic mass is 9.45. The van der Waals surface area contributed by atoms with Crippen molar-refractivity contribution in [1.82, 2.24) is 4.48 Å². The molecule has 0 fully saturated rings. The number of rotatable bonds is 7. The van der Waals surface area contributed by atoms with Crippen LogP contribution in [-0.4, -0.2) is 11.3 Å². The van der Waals surface area contributed by atoms with E-state index in [-0.39, 0.29) is 6.85 Å². The van der Waals surface area contributed by atoms with Crippen molar-refractivity contribution in [1.29, 1.82) is 0 Å². The van der Waals surface area contributed by atoms with Crippen molar-refractivity contribution in [3.8, 4) is 11.1 Å². The van der Waals surface area contributed by atoms with Crippen LogP contribution >= 0.6 is 11.3 Å². The molecule has 0 radical (unpaired) electrons. The molecule has 10 aromatic carbocycles. The Morgan fingerprint density at radius 2 is 1.29 bits per heavy atom. The molecule has 0 bridgehead atoms. The summed E-state index contributed by atoms with van der Waals surface area (Å²) in [6.07, 6.45) is 3.45. The van der Waals surface area contributed by atoms with Gasteiger partial charge in [0, 0.05) is 76.4 Å². The maximum Gasteiger partial charge on any atom is 0.333 e. The number of benzene rings is 10.